The number of aliphatic imine (C=N–C) groups is 1. The number of nitrogens with one attached hydrogen (secondary N) is 2. The monoisotopic (exact) mass is 435 g/mol. The zero-order valence-corrected chi connectivity index (χ0v) is 17.1. The van der Waals surface area contributed by atoms with Gasteiger partial charge in [0.2, 0.25) is 0 Å². The van der Waals surface area contributed by atoms with E-state index in [4.69, 9.17) is 9.47 Å². The third-order valence-corrected chi connectivity index (χ3v) is 3.41. The summed E-state index contributed by atoms with van der Waals surface area (Å²) < 4.78 is 10.7. The van der Waals surface area contributed by atoms with Crippen LogP contribution < -0.4 is 20.1 Å². The first-order valence-corrected chi connectivity index (χ1v) is 7.76. The topological polar surface area (TPSA) is 54.9 Å². The highest BCUT2D eigenvalue weighted by Crippen LogP contribution is 2.24. The number of benzene rings is 1. The molecule has 23 heavy (non-hydrogen) atoms. The Labute approximate surface area is 157 Å². The molecule has 1 rings (SSSR count). The third-order valence-electron chi connectivity index (χ3n) is 3.41. The summed E-state index contributed by atoms with van der Waals surface area (Å²) in [7, 11) is 5.15. The van der Waals surface area contributed by atoms with E-state index in [1.807, 2.05) is 18.2 Å². The highest BCUT2D eigenvalue weighted by molar-refractivity contribution is 14.0. The average Bonchev–Trinajstić information content (AvgIpc) is 2.52. The summed E-state index contributed by atoms with van der Waals surface area (Å²) in [5, 5.41) is 6.64. The Hall–Kier alpha value is -1.18. The SMILES string of the molecule is CN=C(NCCc1cc(OC)ccc1OC)NCCC(C)C.I. The van der Waals surface area contributed by atoms with Crippen molar-refractivity contribution in [2.24, 2.45) is 10.9 Å². The largest absolute Gasteiger partial charge is 0.497 e. The van der Waals surface area contributed by atoms with Crippen molar-refractivity contribution in [3.8, 4) is 11.5 Å². The molecule has 0 aromatic heterocycles. The van der Waals surface area contributed by atoms with Crippen molar-refractivity contribution in [1.29, 1.82) is 0 Å². The smallest absolute Gasteiger partial charge is 0.190 e. The fourth-order valence-corrected chi connectivity index (χ4v) is 2.09. The van der Waals surface area contributed by atoms with Crippen molar-refractivity contribution in [1.82, 2.24) is 10.6 Å². The van der Waals surface area contributed by atoms with Gasteiger partial charge >= 0.3 is 0 Å². The molecule has 1 aromatic rings. The predicted molar refractivity (Wildman–Crippen MR) is 107 cm³/mol. The minimum Gasteiger partial charge on any atom is -0.497 e. The van der Waals surface area contributed by atoms with Crippen LogP contribution in [0.5, 0.6) is 11.5 Å². The Bertz CT molecular complexity index is 479. The standard InChI is InChI=1S/C17H29N3O2.HI/c1-13(2)8-10-19-17(18-3)20-11-9-14-12-15(21-4)6-7-16(14)22-5;/h6-7,12-13H,8-11H2,1-5H3,(H2,18,19,20);1H. The second-order valence-electron chi connectivity index (χ2n) is 5.54. The van der Waals surface area contributed by atoms with Gasteiger partial charge in [-0.3, -0.25) is 4.99 Å². The number of halogens is 1. The van der Waals surface area contributed by atoms with Crippen LogP contribution in [0.4, 0.5) is 0 Å². The Morgan fingerprint density at radius 2 is 1.83 bits per heavy atom. The van der Waals surface area contributed by atoms with E-state index in [0.29, 0.717) is 5.92 Å². The Morgan fingerprint density at radius 1 is 1.13 bits per heavy atom. The van der Waals surface area contributed by atoms with Gasteiger partial charge in [0.25, 0.3) is 0 Å². The van der Waals surface area contributed by atoms with Gasteiger partial charge in [-0.1, -0.05) is 13.8 Å². The molecule has 0 amide bonds. The van der Waals surface area contributed by atoms with E-state index in [0.717, 1.165) is 49.0 Å². The molecule has 0 radical (unpaired) electrons. The molecule has 0 saturated carbocycles. The summed E-state index contributed by atoms with van der Waals surface area (Å²) in [6.07, 6.45) is 1.97. The van der Waals surface area contributed by atoms with Crippen LogP contribution in [0.1, 0.15) is 25.8 Å². The molecule has 132 valence electrons. The van der Waals surface area contributed by atoms with Gasteiger partial charge in [0.05, 0.1) is 14.2 Å². The molecule has 0 aliphatic rings. The molecule has 0 unspecified atom stereocenters. The molecule has 0 bridgehead atoms. The molecule has 0 aliphatic carbocycles. The molecule has 0 spiro atoms. The second kappa shape index (κ2) is 12.3. The van der Waals surface area contributed by atoms with Gasteiger partial charge in [-0.25, -0.2) is 0 Å². The summed E-state index contributed by atoms with van der Waals surface area (Å²) >= 11 is 0. The van der Waals surface area contributed by atoms with Crippen molar-refractivity contribution in [2.75, 3.05) is 34.4 Å². The van der Waals surface area contributed by atoms with Crippen LogP contribution >= 0.6 is 24.0 Å². The molecule has 1 aromatic carbocycles. The lowest BCUT2D eigenvalue weighted by Gasteiger charge is -2.14. The fraction of sp³-hybridized carbons (Fsp3) is 0.588. The first-order chi connectivity index (χ1) is 10.6. The zero-order chi connectivity index (χ0) is 16.4. The Kier molecular flexibility index (Phi) is 11.6. The number of hydrogen-bond donors (Lipinski definition) is 2. The number of ether oxygens (including phenoxy) is 2. The predicted octanol–water partition coefficient (Wildman–Crippen LogP) is 3.08. The van der Waals surface area contributed by atoms with Crippen LogP contribution in [0, 0.1) is 5.92 Å². The molecule has 5 nitrogen and oxygen atoms in total. The lowest BCUT2D eigenvalue weighted by Crippen LogP contribution is -2.39. The summed E-state index contributed by atoms with van der Waals surface area (Å²) in [4.78, 5) is 4.23. The van der Waals surface area contributed by atoms with Crippen molar-refractivity contribution < 1.29 is 9.47 Å². The fourth-order valence-electron chi connectivity index (χ4n) is 2.09. The highest BCUT2D eigenvalue weighted by atomic mass is 127. The molecule has 0 aliphatic heterocycles. The number of nitrogens with zero attached hydrogens (tertiary/aromatic N) is 1. The van der Waals surface area contributed by atoms with Crippen LogP contribution in [-0.4, -0.2) is 40.3 Å². The van der Waals surface area contributed by atoms with Crippen molar-refractivity contribution in [3.05, 3.63) is 23.8 Å². The van der Waals surface area contributed by atoms with E-state index in [1.165, 1.54) is 0 Å². The zero-order valence-electron chi connectivity index (χ0n) is 14.8. The van der Waals surface area contributed by atoms with Crippen LogP contribution in [0.3, 0.4) is 0 Å². The van der Waals surface area contributed by atoms with E-state index < -0.39 is 0 Å². The van der Waals surface area contributed by atoms with Gasteiger partial charge in [-0.15, -0.1) is 24.0 Å². The molecule has 2 N–H and O–H groups in total. The van der Waals surface area contributed by atoms with E-state index in [9.17, 15) is 0 Å². The number of rotatable bonds is 8. The van der Waals surface area contributed by atoms with Crippen molar-refractivity contribution in [3.63, 3.8) is 0 Å². The summed E-state index contributed by atoms with van der Waals surface area (Å²) in [6, 6.07) is 5.85. The Morgan fingerprint density at radius 3 is 2.39 bits per heavy atom. The first kappa shape index (κ1) is 21.8. The molecule has 6 heteroatoms. The second-order valence-corrected chi connectivity index (χ2v) is 5.54. The summed E-state index contributed by atoms with van der Waals surface area (Å²) in [5.74, 6) is 3.25. The minimum atomic E-state index is 0. The quantitative estimate of drug-likeness (QED) is 0.375. The van der Waals surface area contributed by atoms with Crippen molar-refractivity contribution in [2.45, 2.75) is 26.7 Å². The molecule has 0 heterocycles. The van der Waals surface area contributed by atoms with Crippen LogP contribution in [0.25, 0.3) is 0 Å². The Balaban J connectivity index is 0.00000484. The van der Waals surface area contributed by atoms with E-state index in [2.05, 4.69) is 29.5 Å². The van der Waals surface area contributed by atoms with Crippen LogP contribution in [-0.2, 0) is 6.42 Å². The highest BCUT2D eigenvalue weighted by Gasteiger charge is 2.05. The molecular weight excluding hydrogens is 405 g/mol. The summed E-state index contributed by atoms with van der Waals surface area (Å²) in [6.45, 7) is 6.14. The number of hydrogen-bond acceptors (Lipinski definition) is 3. The molecule has 0 fully saturated rings. The van der Waals surface area contributed by atoms with Crippen LogP contribution in [0.15, 0.2) is 23.2 Å². The lowest BCUT2D eigenvalue weighted by atomic mass is 10.1. The number of guanidine groups is 1. The summed E-state index contributed by atoms with van der Waals surface area (Å²) in [5.41, 5.74) is 1.12. The first-order valence-electron chi connectivity index (χ1n) is 7.76. The third kappa shape index (κ3) is 8.29. The molecule has 0 saturated heterocycles. The van der Waals surface area contributed by atoms with Gasteiger partial charge in [0.1, 0.15) is 11.5 Å². The van der Waals surface area contributed by atoms with Gasteiger partial charge in [0, 0.05) is 20.1 Å². The van der Waals surface area contributed by atoms with Gasteiger partial charge in [0.15, 0.2) is 5.96 Å². The molecular formula is C17H30IN3O2. The normalized spacial score (nSPS) is 11.0. The van der Waals surface area contributed by atoms with Gasteiger partial charge in [-0.05, 0) is 42.5 Å². The van der Waals surface area contributed by atoms with Gasteiger partial charge < -0.3 is 20.1 Å². The van der Waals surface area contributed by atoms with Crippen molar-refractivity contribution >= 4 is 29.9 Å². The van der Waals surface area contributed by atoms with E-state index in [-0.39, 0.29) is 24.0 Å². The number of methoxy groups -OCH3 is 2. The average molecular weight is 435 g/mol. The maximum Gasteiger partial charge on any atom is 0.190 e. The maximum absolute atomic E-state index is 5.39. The van der Waals surface area contributed by atoms with E-state index in [1.54, 1.807) is 21.3 Å². The lowest BCUT2D eigenvalue weighted by molar-refractivity contribution is 0.398. The van der Waals surface area contributed by atoms with Gasteiger partial charge in [-0.2, -0.15) is 0 Å². The van der Waals surface area contributed by atoms with Crippen LogP contribution in [0.2, 0.25) is 0 Å². The maximum atomic E-state index is 5.39. The van der Waals surface area contributed by atoms with E-state index >= 15 is 0 Å². The molecule has 0 atom stereocenters. The minimum absolute atomic E-state index is 0.